The van der Waals surface area contributed by atoms with Crippen molar-refractivity contribution in [2.45, 2.75) is 156 Å². The van der Waals surface area contributed by atoms with Gasteiger partial charge in [0.25, 0.3) is 5.91 Å². The van der Waals surface area contributed by atoms with Crippen LogP contribution in [0.3, 0.4) is 0 Å². The minimum absolute atomic E-state index is 0.00334. The number of aryl methyl sites for hydroxylation is 3. The number of amides is 7. The second kappa shape index (κ2) is 42.0. The van der Waals surface area contributed by atoms with Crippen molar-refractivity contribution >= 4 is 158 Å². The van der Waals surface area contributed by atoms with Crippen LogP contribution in [0.25, 0.3) is 93.5 Å². The van der Waals surface area contributed by atoms with Crippen molar-refractivity contribution in [3.63, 3.8) is 0 Å². The third-order valence-electron chi connectivity index (χ3n) is 28.9. The van der Waals surface area contributed by atoms with E-state index >= 15 is 0 Å². The maximum Gasteiger partial charge on any atom is 0.256 e. The molecule has 0 unspecified atom stereocenters. The van der Waals surface area contributed by atoms with E-state index in [1.807, 2.05) is 127 Å². The molecule has 1 aliphatic carbocycles. The van der Waals surface area contributed by atoms with E-state index in [1.165, 1.54) is 60.3 Å². The van der Waals surface area contributed by atoms with Crippen LogP contribution in [0.4, 0.5) is 5.82 Å². The van der Waals surface area contributed by atoms with Crippen LogP contribution < -0.4 is 10.2 Å². The van der Waals surface area contributed by atoms with Crippen molar-refractivity contribution in [2.75, 3.05) is 83.9 Å². The quantitative estimate of drug-likeness (QED) is 0.0521. The zero-order chi connectivity index (χ0) is 99.7. The van der Waals surface area contributed by atoms with Crippen LogP contribution in [-0.4, -0.2) is 222 Å². The molecule has 0 atom stereocenters. The number of aromatic nitrogens is 9. The van der Waals surface area contributed by atoms with Gasteiger partial charge in [-0.2, -0.15) is 0 Å². The molecule has 8 aromatic heterocycles. The predicted octanol–water partition coefficient (Wildman–Crippen LogP) is 18.8. The number of rotatable bonds is 25. The van der Waals surface area contributed by atoms with Crippen LogP contribution in [0.1, 0.15) is 127 Å². The number of ketones is 2. The number of Topliss-reactive ketones (excluding diaryl/α,β-unsaturated/α-hetero) is 2. The number of hydrogen-bond acceptors (Lipinski definition) is 15. The Kier molecular flexibility index (Phi) is 29.4. The summed E-state index contributed by atoms with van der Waals surface area (Å²) in [4.78, 5) is 148. The number of carbonyl (C=O) groups excluding carboxylic acids is 9. The largest absolute Gasteiger partial charge is 0.348 e. The van der Waals surface area contributed by atoms with Crippen molar-refractivity contribution in [3.05, 3.63) is 281 Å². The number of benzene rings is 5. The molecular weight excluding hydrogens is 1880 g/mol. The average molecular weight is 2000 g/mol. The summed E-state index contributed by atoms with van der Waals surface area (Å²) in [5.74, 6) is 1.39. The molecule has 6 fully saturated rings. The molecule has 6 aliphatic heterocycles. The van der Waals surface area contributed by atoms with Crippen molar-refractivity contribution in [1.82, 2.24) is 77.9 Å². The van der Waals surface area contributed by atoms with Crippen LogP contribution in [0, 0.1) is 53.4 Å². The average Bonchev–Trinajstić information content (AvgIpc) is 0.943. The Labute approximate surface area is 839 Å². The lowest BCUT2D eigenvalue weighted by atomic mass is 9.77. The first kappa shape index (κ1) is 98.8. The highest BCUT2D eigenvalue weighted by Gasteiger charge is 2.56. The van der Waals surface area contributed by atoms with Crippen molar-refractivity contribution in [1.29, 1.82) is 0 Å². The highest BCUT2D eigenvalue weighted by atomic mass is 79.9. The van der Waals surface area contributed by atoms with Crippen molar-refractivity contribution in [2.24, 2.45) is 11.8 Å². The number of pyridine rings is 3. The van der Waals surface area contributed by atoms with Gasteiger partial charge < -0.3 is 57.9 Å². The number of anilines is 1. The van der Waals surface area contributed by atoms with E-state index in [9.17, 15) is 43.2 Å². The molecule has 1 spiro atoms. The number of nitrogens with zero attached hydrogens (tertiary/aromatic N) is 16. The Hall–Kier alpha value is -13.8. The molecule has 7 aliphatic rings. The molecule has 0 radical (unpaired) electrons. The van der Waals surface area contributed by atoms with Crippen LogP contribution in [0.15, 0.2) is 220 Å². The fraction of sp³-hybridized carbons (Fsp3) is 0.339. The number of nitrogens with one attached hydrogen (secondary N) is 1. The molecule has 20 rings (SSSR count). The Morgan fingerprint density at radius 3 is 1.76 bits per heavy atom. The summed E-state index contributed by atoms with van der Waals surface area (Å²) in [5, 5.41) is 9.51. The van der Waals surface area contributed by atoms with Gasteiger partial charge in [0.2, 0.25) is 35.4 Å². The summed E-state index contributed by atoms with van der Waals surface area (Å²) in [6.07, 6.45) is 28.1. The number of halogens is 3. The molecule has 13 aromatic rings. The number of hydrogen-bond donors (Lipinski definition) is 1. The highest BCUT2D eigenvalue weighted by Crippen LogP contribution is 2.47. The minimum atomic E-state index is -0.104. The standard InChI is InChI=1S/C31H34ClN3O2.C28H28BrN5O3.C27H26N4O2.C26H30ClN5O2/c1-4-29(37)34-17-22(18-34)14-25(36)19-35-21(3)30(27-15-24(32)13-20(2)31(27)35)28-16-33-12-11-26(28)23-9-7-5-6-8-10-23;1-2-26(36)32-13-19(14-32)11-21(35)15-31-16-23(22-12-20(29)6-7-24(22)31)27(37)33-17-28(18-33)8-10-34(28)25-5-3-4-9-30-25;1-4-26(33)30-14-19(15-30)29-25(32)16-31-18(3)27(22-13-17(2)10-11-24(22)31)21-7-5-9-23-20(21)8-6-12-28-23;1-7-22(33)31-11-19(12-31)30(6)23(34)13-32-17(5)24(20-9-18(27)8-16(4)26(20)32)21-10-28-14-29-25(21)15(2)3/h4,9,11-13,15-16,22H,1,5-8,10,14,17-19H2,2-3H3;2-7,9,12,16,19H,1,8,10-11,13-15,17-18H2;4-13,19H,1,14-16H2,2-3H3,(H,29,32);7-10,14-15,19H,1,11-13H2,2-6H3. The molecule has 6 saturated heterocycles. The maximum absolute atomic E-state index is 13.6. The predicted molar refractivity (Wildman–Crippen MR) is 561 cm³/mol. The van der Waals surface area contributed by atoms with E-state index in [2.05, 4.69) is 175 Å². The summed E-state index contributed by atoms with van der Waals surface area (Å²) in [6.45, 7) is 38.4. The van der Waals surface area contributed by atoms with E-state index in [4.69, 9.17) is 23.2 Å². The molecular formula is C112H118BrCl2N17O9. The Balaban J connectivity index is 0.000000130. The SMILES string of the molecule is C=CC(=O)N1CC(CC(=O)Cn2c(C)c(-c3cnccc3C3=CCCCCC3)c3cc(Cl)cc(C)c32)C1.C=CC(=O)N1CC(CC(=O)Cn2cc(C(=O)N3CC4(CCN4c4ccccn4)C3)c3cc(Br)ccc32)C1.C=CC(=O)N1CC(N(C)C(=O)Cn2c(C)c(-c3cncnc3C(C)C)c3cc(Cl)cc(C)c32)C1.C=CC(=O)N1CC(NC(=O)Cn2c(C)c(-c3cccc4ncccc34)c3cc(C)ccc32)C1. The molecule has 1 N–H and O–H groups in total. The zero-order valence-corrected chi connectivity index (χ0v) is 84.4. The smallest absolute Gasteiger partial charge is 0.256 e. The second-order valence-electron chi connectivity index (χ2n) is 38.7. The lowest BCUT2D eigenvalue weighted by Gasteiger charge is -2.62. The van der Waals surface area contributed by atoms with Gasteiger partial charge in [-0.05, 0) is 217 Å². The molecule has 0 bridgehead atoms. The summed E-state index contributed by atoms with van der Waals surface area (Å²) in [7, 11) is 1.80. The van der Waals surface area contributed by atoms with Crippen LogP contribution >= 0.6 is 39.1 Å². The molecule has 5 aromatic carbocycles. The molecule has 7 amide bonds. The summed E-state index contributed by atoms with van der Waals surface area (Å²) in [6, 6.07) is 38.3. The van der Waals surface area contributed by atoms with Gasteiger partial charge in [-0.3, -0.25) is 53.1 Å². The molecule has 141 heavy (non-hydrogen) atoms. The van der Waals surface area contributed by atoms with E-state index in [0.29, 0.717) is 100 Å². The highest BCUT2D eigenvalue weighted by molar-refractivity contribution is 9.10. The molecule has 14 heterocycles. The Morgan fingerprint density at radius 2 is 1.13 bits per heavy atom. The van der Waals surface area contributed by atoms with E-state index in [0.717, 1.165) is 158 Å². The minimum Gasteiger partial charge on any atom is -0.348 e. The maximum atomic E-state index is 13.6. The number of fused-ring (bicyclic) bond motifs is 5. The normalized spacial score (nSPS) is 15.7. The van der Waals surface area contributed by atoms with E-state index in [-0.39, 0.29) is 108 Å². The lowest BCUT2D eigenvalue weighted by molar-refractivity contribution is -0.142. The first-order valence-electron chi connectivity index (χ1n) is 48.3. The third-order valence-corrected chi connectivity index (χ3v) is 29.9. The van der Waals surface area contributed by atoms with Crippen LogP contribution in [0.2, 0.25) is 10.0 Å². The summed E-state index contributed by atoms with van der Waals surface area (Å²) in [5.41, 5.74) is 21.7. The van der Waals surface area contributed by atoms with Gasteiger partial charge in [0.1, 0.15) is 25.2 Å². The molecule has 26 nitrogen and oxygen atoms in total. The molecule has 29 heteroatoms. The molecule has 726 valence electrons. The van der Waals surface area contributed by atoms with E-state index < -0.39 is 0 Å². The van der Waals surface area contributed by atoms with E-state index in [1.54, 1.807) is 50.3 Å². The van der Waals surface area contributed by atoms with Gasteiger partial charge in [-0.15, -0.1) is 0 Å². The Morgan fingerprint density at radius 1 is 0.539 bits per heavy atom. The third kappa shape index (κ3) is 20.2. The van der Waals surface area contributed by atoms with Gasteiger partial charge >= 0.3 is 0 Å². The van der Waals surface area contributed by atoms with Gasteiger partial charge in [-0.25, -0.2) is 15.0 Å². The van der Waals surface area contributed by atoms with Gasteiger partial charge in [-0.1, -0.05) is 128 Å². The number of likely N-dealkylation sites (tertiary alicyclic amines) is 5. The second-order valence-corrected chi connectivity index (χ2v) is 40.5. The Bertz CT molecular complexity index is 7210. The fourth-order valence-electron chi connectivity index (χ4n) is 21.4. The number of likely N-dealkylation sites (N-methyl/N-ethyl adjacent to an activating group) is 1. The number of allylic oxidation sites excluding steroid dienone is 2. The van der Waals surface area contributed by atoms with Crippen molar-refractivity contribution < 1.29 is 43.2 Å². The summed E-state index contributed by atoms with van der Waals surface area (Å²) >= 11 is 16.6. The lowest BCUT2D eigenvalue weighted by Crippen LogP contribution is -2.78. The zero-order valence-electron chi connectivity index (χ0n) is 81.3. The van der Waals surface area contributed by atoms with Crippen LogP contribution in [-0.2, 0) is 64.5 Å². The molecule has 0 saturated carbocycles. The van der Waals surface area contributed by atoms with Crippen molar-refractivity contribution in [3.8, 4) is 33.4 Å². The first-order valence-corrected chi connectivity index (χ1v) is 49.8. The summed E-state index contributed by atoms with van der Waals surface area (Å²) < 4.78 is 9.08. The topological polar surface area (TPSA) is 273 Å². The van der Waals surface area contributed by atoms with Gasteiger partial charge in [0, 0.05) is 238 Å². The number of carbonyl (C=O) groups is 9. The van der Waals surface area contributed by atoms with Crippen LogP contribution in [0.5, 0.6) is 0 Å². The fourth-order valence-corrected chi connectivity index (χ4v) is 22.3. The van der Waals surface area contributed by atoms with Gasteiger partial charge in [0.15, 0.2) is 11.6 Å². The monoisotopic (exact) mass is 1990 g/mol. The first-order chi connectivity index (χ1) is 67.8. The van der Waals surface area contributed by atoms with Gasteiger partial charge in [0.05, 0.1) is 58.5 Å².